The average Bonchev–Trinajstić information content (AvgIpc) is 3.14. The maximum Gasteiger partial charge on any atom is 0.251 e. The highest BCUT2D eigenvalue weighted by Gasteiger charge is 2.42. The molecule has 3 saturated heterocycles. The van der Waals surface area contributed by atoms with E-state index in [9.17, 15) is 17.6 Å². The number of hydrogen-bond donors (Lipinski definition) is 0. The molecular formula is C17H21FN2O5S. The molecule has 0 aliphatic carbocycles. The smallest absolute Gasteiger partial charge is 0.251 e. The largest absolute Gasteiger partial charge is 0.369 e. The van der Waals surface area contributed by atoms with E-state index in [4.69, 9.17) is 9.47 Å². The van der Waals surface area contributed by atoms with Crippen LogP contribution in [-0.2, 0) is 24.3 Å². The van der Waals surface area contributed by atoms with Gasteiger partial charge in [-0.1, -0.05) is 6.07 Å². The molecule has 0 spiro atoms. The van der Waals surface area contributed by atoms with Gasteiger partial charge in [-0.05, 0) is 31.0 Å². The lowest BCUT2D eigenvalue weighted by Gasteiger charge is -2.45. The molecular weight excluding hydrogens is 363 g/mol. The van der Waals surface area contributed by atoms with Gasteiger partial charge >= 0.3 is 0 Å². The monoisotopic (exact) mass is 384 g/mol. The van der Waals surface area contributed by atoms with Gasteiger partial charge in [0.2, 0.25) is 10.0 Å². The highest BCUT2D eigenvalue weighted by Crippen LogP contribution is 2.26. The van der Waals surface area contributed by atoms with Gasteiger partial charge in [-0.3, -0.25) is 4.79 Å². The molecule has 0 radical (unpaired) electrons. The van der Waals surface area contributed by atoms with Crippen molar-refractivity contribution >= 4 is 15.9 Å². The number of carbonyl (C=O) groups is 1. The van der Waals surface area contributed by atoms with Gasteiger partial charge in [0.1, 0.15) is 11.9 Å². The van der Waals surface area contributed by atoms with Crippen LogP contribution in [-0.4, -0.2) is 74.6 Å². The molecule has 3 fully saturated rings. The zero-order chi connectivity index (χ0) is 18.3. The fourth-order valence-corrected chi connectivity index (χ4v) is 5.32. The molecule has 0 saturated carbocycles. The highest BCUT2D eigenvalue weighted by molar-refractivity contribution is 7.89. The van der Waals surface area contributed by atoms with Gasteiger partial charge in [-0.15, -0.1) is 0 Å². The van der Waals surface area contributed by atoms with Crippen molar-refractivity contribution in [1.82, 2.24) is 9.21 Å². The van der Waals surface area contributed by atoms with E-state index in [1.54, 1.807) is 4.90 Å². The van der Waals surface area contributed by atoms with Gasteiger partial charge < -0.3 is 14.4 Å². The van der Waals surface area contributed by atoms with E-state index < -0.39 is 28.0 Å². The van der Waals surface area contributed by atoms with E-state index in [1.807, 2.05) is 0 Å². The Kier molecular flexibility index (Phi) is 4.72. The van der Waals surface area contributed by atoms with Crippen LogP contribution in [0.1, 0.15) is 12.8 Å². The number of fused-ring (bicyclic) bond motifs is 2. The van der Waals surface area contributed by atoms with Crippen LogP contribution in [0.25, 0.3) is 0 Å². The van der Waals surface area contributed by atoms with Gasteiger partial charge in [0.05, 0.1) is 17.1 Å². The Hall–Kier alpha value is -1.55. The van der Waals surface area contributed by atoms with Gasteiger partial charge in [0, 0.05) is 32.8 Å². The Balaban J connectivity index is 1.47. The summed E-state index contributed by atoms with van der Waals surface area (Å²) in [7, 11) is -3.79. The van der Waals surface area contributed by atoms with Crippen molar-refractivity contribution in [3.8, 4) is 0 Å². The van der Waals surface area contributed by atoms with Crippen LogP contribution in [0, 0.1) is 5.82 Å². The number of hydrogen-bond acceptors (Lipinski definition) is 5. The van der Waals surface area contributed by atoms with Crippen LogP contribution in [0.2, 0.25) is 0 Å². The summed E-state index contributed by atoms with van der Waals surface area (Å²) in [4.78, 5) is 14.2. The Morgan fingerprint density at radius 2 is 1.88 bits per heavy atom. The molecule has 1 aromatic rings. The van der Waals surface area contributed by atoms with Crippen molar-refractivity contribution in [3.05, 3.63) is 30.1 Å². The first-order chi connectivity index (χ1) is 12.4. The molecule has 9 heteroatoms. The predicted molar refractivity (Wildman–Crippen MR) is 89.4 cm³/mol. The summed E-state index contributed by atoms with van der Waals surface area (Å²) in [6.07, 6.45) is 0.437. The number of amides is 1. The first-order valence-corrected chi connectivity index (χ1v) is 10.2. The lowest BCUT2D eigenvalue weighted by atomic mass is 10.1. The first-order valence-electron chi connectivity index (χ1n) is 8.75. The number of benzene rings is 1. The second-order valence-electron chi connectivity index (χ2n) is 6.90. The van der Waals surface area contributed by atoms with Crippen LogP contribution in [0.15, 0.2) is 29.2 Å². The Labute approximate surface area is 151 Å². The normalized spacial score (nSPS) is 29.7. The molecule has 142 valence electrons. The van der Waals surface area contributed by atoms with Crippen molar-refractivity contribution in [2.24, 2.45) is 0 Å². The summed E-state index contributed by atoms with van der Waals surface area (Å²) < 4.78 is 51.6. The Morgan fingerprint density at radius 1 is 1.15 bits per heavy atom. The second kappa shape index (κ2) is 6.88. The molecule has 3 atom stereocenters. The molecule has 7 nitrogen and oxygen atoms in total. The summed E-state index contributed by atoms with van der Waals surface area (Å²) in [6, 6.07) is 5.00. The minimum absolute atomic E-state index is 0.0396. The SMILES string of the molecule is O=C([C@H]1CCCO1)N1C[C@@H]2CN(S(=O)(=O)c3cccc(F)c3)C[C@H](C1)O2. The number of halogens is 1. The molecule has 3 heterocycles. The van der Waals surface area contributed by atoms with Crippen LogP contribution in [0.3, 0.4) is 0 Å². The Bertz CT molecular complexity index is 782. The van der Waals surface area contributed by atoms with E-state index >= 15 is 0 Å². The summed E-state index contributed by atoms with van der Waals surface area (Å²) >= 11 is 0. The van der Waals surface area contributed by atoms with E-state index in [1.165, 1.54) is 22.5 Å². The van der Waals surface area contributed by atoms with Gasteiger partial charge in [-0.25, -0.2) is 12.8 Å². The third kappa shape index (κ3) is 3.36. The zero-order valence-corrected chi connectivity index (χ0v) is 15.0. The van der Waals surface area contributed by atoms with E-state index in [0.29, 0.717) is 19.7 Å². The van der Waals surface area contributed by atoms with Crippen molar-refractivity contribution in [2.75, 3.05) is 32.8 Å². The van der Waals surface area contributed by atoms with Crippen molar-refractivity contribution in [3.63, 3.8) is 0 Å². The lowest BCUT2D eigenvalue weighted by Crippen LogP contribution is -2.62. The minimum atomic E-state index is -3.79. The fourth-order valence-electron chi connectivity index (χ4n) is 3.78. The van der Waals surface area contributed by atoms with E-state index in [-0.39, 0.29) is 30.0 Å². The third-order valence-electron chi connectivity index (χ3n) is 5.00. The molecule has 2 bridgehead atoms. The maximum atomic E-state index is 13.4. The standard InChI is InChI=1S/C17H21FN2O5S/c18-12-3-1-4-15(7-12)26(22,23)20-10-13-8-19(9-14(11-20)25-13)17(21)16-5-2-6-24-16/h1,3-4,7,13-14,16H,2,5-6,8-11H2/t13-,14+,16-/m1/s1. The zero-order valence-electron chi connectivity index (χ0n) is 14.2. The summed E-state index contributed by atoms with van der Waals surface area (Å²) in [5.74, 6) is -0.630. The molecule has 1 aromatic carbocycles. The Morgan fingerprint density at radius 3 is 2.50 bits per heavy atom. The van der Waals surface area contributed by atoms with Crippen LogP contribution >= 0.6 is 0 Å². The van der Waals surface area contributed by atoms with E-state index in [2.05, 4.69) is 0 Å². The molecule has 3 aliphatic rings. The van der Waals surface area contributed by atoms with Crippen molar-refractivity contribution < 1.29 is 27.1 Å². The molecule has 26 heavy (non-hydrogen) atoms. The molecule has 3 aliphatic heterocycles. The predicted octanol–water partition coefficient (Wildman–Crippen LogP) is 0.605. The quantitative estimate of drug-likeness (QED) is 0.763. The van der Waals surface area contributed by atoms with Crippen molar-refractivity contribution in [1.29, 1.82) is 0 Å². The average molecular weight is 384 g/mol. The minimum Gasteiger partial charge on any atom is -0.369 e. The van der Waals surface area contributed by atoms with Gasteiger partial charge in [0.15, 0.2) is 0 Å². The molecule has 4 rings (SSSR count). The highest BCUT2D eigenvalue weighted by atomic mass is 32.2. The van der Waals surface area contributed by atoms with Gasteiger partial charge in [0.25, 0.3) is 5.91 Å². The van der Waals surface area contributed by atoms with Gasteiger partial charge in [-0.2, -0.15) is 4.31 Å². The van der Waals surface area contributed by atoms with Crippen LogP contribution in [0.4, 0.5) is 4.39 Å². The summed E-state index contributed by atoms with van der Waals surface area (Å²) in [5, 5.41) is 0. The molecule has 0 aromatic heterocycles. The molecule has 0 N–H and O–H groups in total. The van der Waals surface area contributed by atoms with Crippen LogP contribution in [0.5, 0.6) is 0 Å². The second-order valence-corrected chi connectivity index (χ2v) is 8.84. The maximum absolute atomic E-state index is 13.4. The lowest BCUT2D eigenvalue weighted by molar-refractivity contribution is -0.162. The fraction of sp³-hybridized carbons (Fsp3) is 0.588. The number of morpholine rings is 2. The number of ether oxygens (including phenoxy) is 2. The summed E-state index contributed by atoms with van der Waals surface area (Å²) in [5.41, 5.74) is 0. The number of nitrogens with zero attached hydrogens (tertiary/aromatic N) is 2. The number of carbonyl (C=O) groups excluding carboxylic acids is 1. The van der Waals surface area contributed by atoms with Crippen LogP contribution < -0.4 is 0 Å². The third-order valence-corrected chi connectivity index (χ3v) is 6.83. The molecule has 1 amide bonds. The number of rotatable bonds is 3. The van der Waals surface area contributed by atoms with E-state index in [0.717, 1.165) is 18.9 Å². The topological polar surface area (TPSA) is 76.2 Å². The molecule has 0 unspecified atom stereocenters. The summed E-state index contributed by atoms with van der Waals surface area (Å²) in [6.45, 7) is 1.57. The first kappa shape index (κ1) is 17.8. The number of sulfonamides is 1. The van der Waals surface area contributed by atoms with Crippen molar-refractivity contribution in [2.45, 2.75) is 36.0 Å².